The van der Waals surface area contributed by atoms with Crippen LogP contribution in [0.2, 0.25) is 0 Å². The van der Waals surface area contributed by atoms with E-state index in [0.29, 0.717) is 18.5 Å². The van der Waals surface area contributed by atoms with Crippen molar-refractivity contribution in [3.05, 3.63) is 34.4 Å². The number of anilines is 1. The van der Waals surface area contributed by atoms with Gasteiger partial charge in [0.25, 0.3) is 5.69 Å². The van der Waals surface area contributed by atoms with Gasteiger partial charge >= 0.3 is 0 Å². The van der Waals surface area contributed by atoms with E-state index in [0.717, 1.165) is 12.8 Å². The Morgan fingerprint density at radius 1 is 1.37 bits per heavy atom. The first-order valence-electron chi connectivity index (χ1n) is 5.86. The van der Waals surface area contributed by atoms with Crippen LogP contribution in [0.4, 0.5) is 11.4 Å². The topological polar surface area (TPSA) is 98.3 Å². The molecule has 104 valence electrons. The summed E-state index contributed by atoms with van der Waals surface area (Å²) in [6.07, 6.45) is 3.21. The van der Waals surface area contributed by atoms with Gasteiger partial charge in [-0.1, -0.05) is 18.9 Å². The van der Waals surface area contributed by atoms with Crippen molar-refractivity contribution in [3.63, 3.8) is 0 Å². The van der Waals surface area contributed by atoms with Crippen molar-refractivity contribution in [2.45, 2.75) is 31.2 Å². The molecule has 0 radical (unpaired) electrons. The fraction of sp³-hybridized carbons (Fsp3) is 0.417. The SMILES string of the molecule is Cl.NC1(C(=O)Nc2cccc([N+](=O)[O-])c2)CCCC1. The second-order valence-corrected chi connectivity index (χ2v) is 4.62. The summed E-state index contributed by atoms with van der Waals surface area (Å²) >= 11 is 0. The van der Waals surface area contributed by atoms with Crippen LogP contribution in [0.5, 0.6) is 0 Å². The molecule has 1 saturated carbocycles. The molecule has 1 aliphatic carbocycles. The number of benzene rings is 1. The molecule has 1 aromatic rings. The van der Waals surface area contributed by atoms with Gasteiger partial charge in [-0.05, 0) is 18.9 Å². The van der Waals surface area contributed by atoms with Crippen LogP contribution in [-0.2, 0) is 4.79 Å². The summed E-state index contributed by atoms with van der Waals surface area (Å²) in [5.41, 5.74) is 5.53. The highest BCUT2D eigenvalue weighted by Crippen LogP contribution is 2.28. The number of amides is 1. The van der Waals surface area contributed by atoms with Gasteiger partial charge in [-0.25, -0.2) is 0 Å². The molecule has 0 aromatic heterocycles. The molecule has 7 heteroatoms. The number of nitro benzene ring substituents is 1. The van der Waals surface area contributed by atoms with Crippen LogP contribution < -0.4 is 11.1 Å². The van der Waals surface area contributed by atoms with Crippen molar-refractivity contribution < 1.29 is 9.72 Å². The highest BCUT2D eigenvalue weighted by Gasteiger charge is 2.37. The quantitative estimate of drug-likeness (QED) is 0.657. The molecule has 0 saturated heterocycles. The maximum atomic E-state index is 12.0. The molecule has 6 nitrogen and oxygen atoms in total. The smallest absolute Gasteiger partial charge is 0.271 e. The molecule has 1 fully saturated rings. The number of halogens is 1. The summed E-state index contributed by atoms with van der Waals surface area (Å²) in [5, 5.41) is 13.3. The molecule has 1 aromatic carbocycles. The summed E-state index contributed by atoms with van der Waals surface area (Å²) in [5.74, 6) is -0.263. The number of nitrogens with zero attached hydrogens (tertiary/aromatic N) is 1. The first-order chi connectivity index (χ1) is 8.51. The fourth-order valence-corrected chi connectivity index (χ4v) is 2.19. The Kier molecular flexibility index (Phi) is 4.85. The van der Waals surface area contributed by atoms with E-state index < -0.39 is 10.5 Å². The molecule has 0 unspecified atom stereocenters. The summed E-state index contributed by atoms with van der Waals surface area (Å²) in [4.78, 5) is 22.1. The molecule has 3 N–H and O–H groups in total. The average Bonchev–Trinajstić information content (AvgIpc) is 2.78. The molecule has 0 atom stereocenters. The average molecular weight is 286 g/mol. The third-order valence-corrected chi connectivity index (χ3v) is 3.26. The first kappa shape index (κ1) is 15.4. The number of nitro groups is 1. The molecular weight excluding hydrogens is 270 g/mol. The highest BCUT2D eigenvalue weighted by molar-refractivity contribution is 5.98. The van der Waals surface area contributed by atoms with E-state index in [-0.39, 0.29) is 24.0 Å². The van der Waals surface area contributed by atoms with Gasteiger partial charge in [0.05, 0.1) is 10.5 Å². The van der Waals surface area contributed by atoms with Gasteiger partial charge in [-0.15, -0.1) is 12.4 Å². The lowest BCUT2D eigenvalue weighted by molar-refractivity contribution is -0.384. The van der Waals surface area contributed by atoms with E-state index >= 15 is 0 Å². The van der Waals surface area contributed by atoms with Crippen LogP contribution in [0.1, 0.15) is 25.7 Å². The fourth-order valence-electron chi connectivity index (χ4n) is 2.19. The minimum absolute atomic E-state index is 0. The van der Waals surface area contributed by atoms with Gasteiger partial charge < -0.3 is 11.1 Å². The van der Waals surface area contributed by atoms with Crippen LogP contribution in [0, 0.1) is 10.1 Å². The molecule has 0 heterocycles. The highest BCUT2D eigenvalue weighted by atomic mass is 35.5. The van der Waals surface area contributed by atoms with Crippen LogP contribution in [0.25, 0.3) is 0 Å². The van der Waals surface area contributed by atoms with E-state index in [4.69, 9.17) is 5.73 Å². The summed E-state index contributed by atoms with van der Waals surface area (Å²) < 4.78 is 0. The summed E-state index contributed by atoms with van der Waals surface area (Å²) in [6.45, 7) is 0. The molecule has 1 aliphatic rings. The number of hydrogen-bond donors (Lipinski definition) is 2. The Morgan fingerprint density at radius 2 is 2.00 bits per heavy atom. The standard InChI is InChI=1S/C12H15N3O3.ClH/c13-12(6-1-2-7-12)11(16)14-9-4-3-5-10(8-9)15(17)18;/h3-5,8H,1-2,6-7,13H2,(H,14,16);1H. The van der Waals surface area contributed by atoms with Crippen LogP contribution in [0.3, 0.4) is 0 Å². The van der Waals surface area contributed by atoms with Gasteiger partial charge in [0.15, 0.2) is 0 Å². The van der Waals surface area contributed by atoms with E-state index in [2.05, 4.69) is 5.32 Å². The van der Waals surface area contributed by atoms with Gasteiger partial charge in [0, 0.05) is 17.8 Å². The maximum absolute atomic E-state index is 12.0. The van der Waals surface area contributed by atoms with Gasteiger partial charge in [-0.3, -0.25) is 14.9 Å². The zero-order valence-corrected chi connectivity index (χ0v) is 11.1. The lowest BCUT2D eigenvalue weighted by atomic mass is 9.98. The largest absolute Gasteiger partial charge is 0.324 e. The number of non-ortho nitro benzene ring substituents is 1. The number of hydrogen-bond acceptors (Lipinski definition) is 4. The molecule has 0 spiro atoms. The molecule has 2 rings (SSSR count). The molecule has 0 aliphatic heterocycles. The van der Waals surface area contributed by atoms with Crippen LogP contribution in [0.15, 0.2) is 24.3 Å². The molecule has 1 amide bonds. The maximum Gasteiger partial charge on any atom is 0.271 e. The predicted molar refractivity (Wildman–Crippen MR) is 74.4 cm³/mol. The van der Waals surface area contributed by atoms with Crippen molar-refractivity contribution in [1.82, 2.24) is 0 Å². The van der Waals surface area contributed by atoms with Crippen molar-refractivity contribution in [2.24, 2.45) is 5.73 Å². The second-order valence-electron chi connectivity index (χ2n) is 4.62. The van der Waals surface area contributed by atoms with E-state index in [1.54, 1.807) is 6.07 Å². The number of carbonyl (C=O) groups excluding carboxylic acids is 1. The van der Waals surface area contributed by atoms with E-state index in [1.807, 2.05) is 0 Å². The van der Waals surface area contributed by atoms with Crippen molar-refractivity contribution in [2.75, 3.05) is 5.32 Å². The first-order valence-corrected chi connectivity index (χ1v) is 5.86. The van der Waals surface area contributed by atoms with Gasteiger partial charge in [0.2, 0.25) is 5.91 Å². The zero-order chi connectivity index (χ0) is 13.2. The Morgan fingerprint density at radius 3 is 2.58 bits per heavy atom. The van der Waals surface area contributed by atoms with Gasteiger partial charge in [-0.2, -0.15) is 0 Å². The zero-order valence-electron chi connectivity index (χ0n) is 10.3. The third kappa shape index (κ3) is 3.42. The Bertz CT molecular complexity index is 487. The van der Waals surface area contributed by atoms with Crippen LogP contribution >= 0.6 is 12.4 Å². The minimum atomic E-state index is -0.829. The number of carbonyl (C=O) groups is 1. The lowest BCUT2D eigenvalue weighted by Gasteiger charge is -2.22. The number of rotatable bonds is 3. The summed E-state index contributed by atoms with van der Waals surface area (Å²) in [7, 11) is 0. The monoisotopic (exact) mass is 285 g/mol. The normalized spacial score (nSPS) is 16.5. The Labute approximate surface area is 116 Å². The number of nitrogens with one attached hydrogen (secondary N) is 1. The lowest BCUT2D eigenvalue weighted by Crippen LogP contribution is -2.48. The van der Waals surface area contributed by atoms with E-state index in [9.17, 15) is 14.9 Å². The summed E-state index contributed by atoms with van der Waals surface area (Å²) in [6, 6.07) is 5.86. The van der Waals surface area contributed by atoms with Crippen LogP contribution in [-0.4, -0.2) is 16.4 Å². The molecule has 19 heavy (non-hydrogen) atoms. The van der Waals surface area contributed by atoms with Crippen molar-refractivity contribution in [3.8, 4) is 0 Å². The van der Waals surface area contributed by atoms with Crippen molar-refractivity contribution >= 4 is 29.7 Å². The minimum Gasteiger partial charge on any atom is -0.324 e. The Hall–Kier alpha value is -1.66. The molecule has 0 bridgehead atoms. The third-order valence-electron chi connectivity index (χ3n) is 3.26. The van der Waals surface area contributed by atoms with Gasteiger partial charge in [0.1, 0.15) is 0 Å². The Balaban J connectivity index is 0.00000180. The molecular formula is C12H16ClN3O3. The van der Waals surface area contributed by atoms with Crippen molar-refractivity contribution in [1.29, 1.82) is 0 Å². The second kappa shape index (κ2) is 5.99. The van der Waals surface area contributed by atoms with E-state index in [1.165, 1.54) is 18.2 Å². The predicted octanol–water partition coefficient (Wildman–Crippen LogP) is 2.23. The number of nitrogens with two attached hydrogens (primary N) is 1.